The number of amidine groups is 1. The molecular weight excluding hydrogens is 196 g/mol. The molecule has 0 saturated heterocycles. The first-order valence-corrected chi connectivity index (χ1v) is 5.44. The monoisotopic (exact) mass is 210 g/mol. The Morgan fingerprint density at radius 2 is 2.00 bits per heavy atom. The first kappa shape index (κ1) is 10.9. The highest BCUT2D eigenvalue weighted by molar-refractivity contribution is 8.13. The topological polar surface area (TPSA) is 33.6 Å². The number of ether oxygens (including phenoxy) is 1. The van der Waals surface area contributed by atoms with Gasteiger partial charge in [0.25, 0.3) is 0 Å². The first-order chi connectivity index (χ1) is 6.80. The second-order valence-electron chi connectivity index (χ2n) is 2.59. The predicted molar refractivity (Wildman–Crippen MR) is 63.5 cm³/mol. The van der Waals surface area contributed by atoms with Gasteiger partial charge in [0, 0.05) is 12.7 Å². The van der Waals surface area contributed by atoms with Crippen LogP contribution in [0.5, 0.6) is 5.75 Å². The fourth-order valence-electron chi connectivity index (χ4n) is 0.996. The maximum Gasteiger partial charge on any atom is 0.160 e. The van der Waals surface area contributed by atoms with Gasteiger partial charge in [0.05, 0.1) is 7.11 Å². The van der Waals surface area contributed by atoms with Gasteiger partial charge in [-0.2, -0.15) is 0 Å². The van der Waals surface area contributed by atoms with E-state index in [1.165, 1.54) is 0 Å². The standard InChI is InChI=1S/C10H14N2OS/c1-11-10(14-3)12-8-4-6-9(13-2)7-5-8/h4-7H,1-3H3,(H,11,12). The minimum atomic E-state index is 0.856. The lowest BCUT2D eigenvalue weighted by Gasteiger charge is -2.07. The fraction of sp³-hybridized carbons (Fsp3) is 0.300. The molecule has 0 bridgehead atoms. The summed E-state index contributed by atoms with van der Waals surface area (Å²) in [7, 11) is 3.42. The lowest BCUT2D eigenvalue weighted by molar-refractivity contribution is 0.415. The summed E-state index contributed by atoms with van der Waals surface area (Å²) in [6.07, 6.45) is 1.98. The molecule has 76 valence electrons. The molecule has 3 nitrogen and oxygen atoms in total. The third kappa shape index (κ3) is 2.96. The van der Waals surface area contributed by atoms with Crippen LogP contribution in [0.1, 0.15) is 0 Å². The molecule has 1 aromatic carbocycles. The van der Waals surface area contributed by atoms with E-state index in [0.717, 1.165) is 16.6 Å². The number of methoxy groups -OCH3 is 1. The summed E-state index contributed by atoms with van der Waals surface area (Å²) < 4.78 is 5.06. The Balaban J connectivity index is 2.68. The number of nitrogens with one attached hydrogen (secondary N) is 1. The molecule has 0 radical (unpaired) electrons. The van der Waals surface area contributed by atoms with Crippen molar-refractivity contribution in [3.8, 4) is 5.75 Å². The van der Waals surface area contributed by atoms with Gasteiger partial charge in [0.1, 0.15) is 5.75 Å². The number of thioether (sulfide) groups is 1. The molecule has 14 heavy (non-hydrogen) atoms. The van der Waals surface area contributed by atoms with Crippen molar-refractivity contribution in [3.63, 3.8) is 0 Å². The molecule has 1 N–H and O–H groups in total. The SMILES string of the molecule is CN=C(Nc1ccc(OC)cc1)SC. The fourth-order valence-corrected chi connectivity index (χ4v) is 1.40. The van der Waals surface area contributed by atoms with Crippen LogP contribution in [0, 0.1) is 0 Å². The average Bonchev–Trinajstić information content (AvgIpc) is 2.26. The maximum absolute atomic E-state index is 5.06. The van der Waals surface area contributed by atoms with Gasteiger partial charge in [-0.3, -0.25) is 4.99 Å². The van der Waals surface area contributed by atoms with Crippen molar-refractivity contribution in [1.82, 2.24) is 0 Å². The Kier molecular flexibility index (Phi) is 4.32. The molecule has 0 aliphatic carbocycles. The number of aliphatic imine (C=N–C) groups is 1. The smallest absolute Gasteiger partial charge is 0.160 e. The summed E-state index contributed by atoms with van der Waals surface area (Å²) in [4.78, 5) is 4.08. The lowest BCUT2D eigenvalue weighted by atomic mass is 10.3. The van der Waals surface area contributed by atoms with Crippen molar-refractivity contribution < 1.29 is 4.74 Å². The summed E-state index contributed by atoms with van der Waals surface area (Å²) in [6, 6.07) is 7.74. The zero-order valence-corrected chi connectivity index (χ0v) is 9.39. The highest BCUT2D eigenvalue weighted by Gasteiger charge is 1.97. The molecular formula is C10H14N2OS. The number of nitrogens with zero attached hydrogens (tertiary/aromatic N) is 1. The Morgan fingerprint density at radius 1 is 1.36 bits per heavy atom. The molecule has 0 amide bonds. The highest BCUT2D eigenvalue weighted by Crippen LogP contribution is 2.16. The van der Waals surface area contributed by atoms with E-state index in [1.807, 2.05) is 30.5 Å². The molecule has 0 spiro atoms. The van der Waals surface area contributed by atoms with Gasteiger partial charge in [-0.05, 0) is 30.5 Å². The normalized spacial score (nSPS) is 11.2. The highest BCUT2D eigenvalue weighted by atomic mass is 32.2. The zero-order valence-electron chi connectivity index (χ0n) is 8.57. The Morgan fingerprint density at radius 3 is 2.43 bits per heavy atom. The van der Waals surface area contributed by atoms with Crippen LogP contribution >= 0.6 is 11.8 Å². The first-order valence-electron chi connectivity index (χ1n) is 4.22. The van der Waals surface area contributed by atoms with Crippen LogP contribution in [0.25, 0.3) is 0 Å². The van der Waals surface area contributed by atoms with Gasteiger partial charge in [0.15, 0.2) is 5.17 Å². The number of hydrogen-bond acceptors (Lipinski definition) is 3. The van der Waals surface area contributed by atoms with Crippen molar-refractivity contribution >= 4 is 22.6 Å². The molecule has 0 heterocycles. The summed E-state index contributed by atoms with van der Waals surface area (Å²) in [5.74, 6) is 0.856. The largest absolute Gasteiger partial charge is 0.497 e. The molecule has 0 aliphatic rings. The van der Waals surface area contributed by atoms with Crippen LogP contribution in [-0.4, -0.2) is 25.6 Å². The van der Waals surface area contributed by atoms with E-state index in [-0.39, 0.29) is 0 Å². The Hall–Kier alpha value is -1.16. The summed E-state index contributed by atoms with van der Waals surface area (Å²) in [5, 5.41) is 4.09. The summed E-state index contributed by atoms with van der Waals surface area (Å²) >= 11 is 1.58. The van der Waals surface area contributed by atoms with Gasteiger partial charge in [-0.1, -0.05) is 11.8 Å². The summed E-state index contributed by atoms with van der Waals surface area (Å²) in [5.41, 5.74) is 1.01. The molecule has 0 atom stereocenters. The summed E-state index contributed by atoms with van der Waals surface area (Å²) in [6.45, 7) is 0. The third-order valence-corrected chi connectivity index (χ3v) is 2.41. The molecule has 0 saturated carbocycles. The third-order valence-electron chi connectivity index (χ3n) is 1.74. The van der Waals surface area contributed by atoms with E-state index in [1.54, 1.807) is 25.9 Å². The second-order valence-corrected chi connectivity index (χ2v) is 3.38. The van der Waals surface area contributed by atoms with Crippen molar-refractivity contribution in [2.24, 2.45) is 4.99 Å². The van der Waals surface area contributed by atoms with Gasteiger partial charge < -0.3 is 10.1 Å². The maximum atomic E-state index is 5.06. The van der Waals surface area contributed by atoms with Gasteiger partial charge >= 0.3 is 0 Å². The van der Waals surface area contributed by atoms with Gasteiger partial charge in [-0.25, -0.2) is 0 Å². The van der Waals surface area contributed by atoms with Crippen molar-refractivity contribution in [2.75, 3.05) is 25.7 Å². The van der Waals surface area contributed by atoms with Crippen LogP contribution in [0.2, 0.25) is 0 Å². The van der Waals surface area contributed by atoms with Gasteiger partial charge in [-0.15, -0.1) is 0 Å². The van der Waals surface area contributed by atoms with E-state index in [4.69, 9.17) is 4.74 Å². The van der Waals surface area contributed by atoms with E-state index in [0.29, 0.717) is 0 Å². The molecule has 1 aromatic rings. The molecule has 1 rings (SSSR count). The van der Waals surface area contributed by atoms with Crippen LogP contribution in [0.4, 0.5) is 5.69 Å². The molecule has 0 aromatic heterocycles. The minimum Gasteiger partial charge on any atom is -0.497 e. The van der Waals surface area contributed by atoms with Crippen LogP contribution < -0.4 is 10.1 Å². The van der Waals surface area contributed by atoms with Gasteiger partial charge in [0.2, 0.25) is 0 Å². The molecule has 0 unspecified atom stereocenters. The Bertz CT molecular complexity index is 308. The van der Waals surface area contributed by atoms with Crippen LogP contribution in [-0.2, 0) is 0 Å². The van der Waals surface area contributed by atoms with E-state index in [9.17, 15) is 0 Å². The second kappa shape index (κ2) is 5.54. The van der Waals surface area contributed by atoms with Crippen LogP contribution in [0.15, 0.2) is 29.3 Å². The van der Waals surface area contributed by atoms with Crippen molar-refractivity contribution in [3.05, 3.63) is 24.3 Å². The molecule has 0 aliphatic heterocycles. The number of benzene rings is 1. The zero-order chi connectivity index (χ0) is 10.4. The minimum absolute atomic E-state index is 0.856. The van der Waals surface area contributed by atoms with E-state index < -0.39 is 0 Å². The van der Waals surface area contributed by atoms with Crippen molar-refractivity contribution in [1.29, 1.82) is 0 Å². The number of hydrogen-bond donors (Lipinski definition) is 1. The van der Waals surface area contributed by atoms with E-state index >= 15 is 0 Å². The predicted octanol–water partition coefficient (Wildman–Crippen LogP) is 2.46. The molecule has 4 heteroatoms. The van der Waals surface area contributed by atoms with Crippen LogP contribution in [0.3, 0.4) is 0 Å². The number of rotatable bonds is 2. The Labute approximate surface area is 88.6 Å². The number of anilines is 1. The average molecular weight is 210 g/mol. The van der Waals surface area contributed by atoms with Crippen molar-refractivity contribution in [2.45, 2.75) is 0 Å². The molecule has 0 fully saturated rings. The van der Waals surface area contributed by atoms with E-state index in [2.05, 4.69) is 10.3 Å². The quantitative estimate of drug-likeness (QED) is 0.601. The lowest BCUT2D eigenvalue weighted by Crippen LogP contribution is -2.06.